The van der Waals surface area contributed by atoms with E-state index < -0.39 is 26.6 Å². The van der Waals surface area contributed by atoms with Gasteiger partial charge in [-0.3, -0.25) is 9.52 Å². The van der Waals surface area contributed by atoms with Crippen LogP contribution in [0.4, 0.5) is 14.5 Å². The van der Waals surface area contributed by atoms with Crippen molar-refractivity contribution in [1.82, 2.24) is 4.90 Å². The Morgan fingerprint density at radius 3 is 2.61 bits per heavy atom. The lowest BCUT2D eigenvalue weighted by Gasteiger charge is -2.31. The van der Waals surface area contributed by atoms with Gasteiger partial charge in [0.1, 0.15) is 16.5 Å². The summed E-state index contributed by atoms with van der Waals surface area (Å²) >= 11 is 0. The van der Waals surface area contributed by atoms with E-state index in [1.54, 1.807) is 17.0 Å². The second kappa shape index (κ2) is 8.85. The number of hydrogen-bond donors (Lipinski definition) is 2. The fourth-order valence-electron chi connectivity index (χ4n) is 3.01. The van der Waals surface area contributed by atoms with E-state index in [1.807, 2.05) is 0 Å². The van der Waals surface area contributed by atoms with Gasteiger partial charge in [0.05, 0.1) is 11.3 Å². The molecule has 0 saturated carbocycles. The van der Waals surface area contributed by atoms with Crippen molar-refractivity contribution in [3.05, 3.63) is 59.7 Å². The molecule has 1 amide bonds. The molecule has 28 heavy (non-hydrogen) atoms. The van der Waals surface area contributed by atoms with Gasteiger partial charge in [-0.2, -0.15) is 0 Å². The number of anilines is 1. The minimum absolute atomic E-state index is 0. The predicted molar refractivity (Wildman–Crippen MR) is 104 cm³/mol. The fraction of sp³-hybridized carbons (Fsp3) is 0.278. The number of likely N-dealkylation sites (tertiary alicyclic amines) is 1. The summed E-state index contributed by atoms with van der Waals surface area (Å²) in [5.74, 6) is -2.35. The molecule has 0 spiro atoms. The Morgan fingerprint density at radius 2 is 1.89 bits per heavy atom. The number of para-hydroxylation sites is 1. The summed E-state index contributed by atoms with van der Waals surface area (Å²) in [6, 6.07) is 8.02. The molecular weight excluding hydrogens is 412 g/mol. The van der Waals surface area contributed by atoms with E-state index >= 15 is 0 Å². The van der Waals surface area contributed by atoms with Crippen molar-refractivity contribution in [3.63, 3.8) is 0 Å². The number of nitrogens with zero attached hydrogens (tertiary/aromatic N) is 1. The number of benzene rings is 2. The van der Waals surface area contributed by atoms with Crippen LogP contribution in [-0.2, 0) is 10.0 Å². The highest BCUT2D eigenvalue weighted by atomic mass is 35.5. The molecule has 0 radical (unpaired) electrons. The molecule has 152 valence electrons. The van der Waals surface area contributed by atoms with E-state index in [2.05, 4.69) is 4.72 Å². The molecule has 1 saturated heterocycles. The van der Waals surface area contributed by atoms with Crippen LogP contribution in [0.15, 0.2) is 47.4 Å². The minimum Gasteiger partial charge on any atom is -0.337 e. The summed E-state index contributed by atoms with van der Waals surface area (Å²) in [6.45, 7) is 0.893. The van der Waals surface area contributed by atoms with Crippen LogP contribution >= 0.6 is 12.4 Å². The Morgan fingerprint density at radius 1 is 1.18 bits per heavy atom. The van der Waals surface area contributed by atoms with Crippen LogP contribution in [0.1, 0.15) is 23.2 Å². The maximum Gasteiger partial charge on any atom is 0.264 e. The van der Waals surface area contributed by atoms with Gasteiger partial charge in [0.25, 0.3) is 15.9 Å². The van der Waals surface area contributed by atoms with Crippen molar-refractivity contribution < 1.29 is 22.0 Å². The molecule has 0 aliphatic carbocycles. The van der Waals surface area contributed by atoms with E-state index in [1.165, 1.54) is 12.1 Å². The van der Waals surface area contributed by atoms with Crippen molar-refractivity contribution in [2.24, 2.45) is 5.73 Å². The van der Waals surface area contributed by atoms with Crippen LogP contribution in [-0.4, -0.2) is 38.4 Å². The van der Waals surface area contributed by atoms with E-state index in [0.717, 1.165) is 25.0 Å². The zero-order valence-corrected chi connectivity index (χ0v) is 16.4. The molecule has 1 aliphatic rings. The van der Waals surface area contributed by atoms with Gasteiger partial charge in [-0.25, -0.2) is 17.2 Å². The Labute approximate surface area is 168 Å². The summed E-state index contributed by atoms with van der Waals surface area (Å²) in [6.07, 6.45) is 1.58. The summed E-state index contributed by atoms with van der Waals surface area (Å²) < 4.78 is 54.5. The molecule has 3 rings (SSSR count). The Balaban J connectivity index is 0.00000280. The van der Waals surface area contributed by atoms with Crippen LogP contribution in [0.2, 0.25) is 0 Å². The first kappa shape index (κ1) is 22.1. The van der Waals surface area contributed by atoms with Gasteiger partial charge in [0.2, 0.25) is 0 Å². The summed E-state index contributed by atoms with van der Waals surface area (Å²) in [5.41, 5.74) is 6.01. The molecule has 2 aromatic rings. The number of nitrogens with two attached hydrogens (primary N) is 1. The molecule has 10 heteroatoms. The molecule has 3 N–H and O–H groups in total. The summed E-state index contributed by atoms with van der Waals surface area (Å²) in [4.78, 5) is 13.5. The van der Waals surface area contributed by atoms with Crippen molar-refractivity contribution in [3.8, 4) is 0 Å². The van der Waals surface area contributed by atoms with Gasteiger partial charge in [-0.15, -0.1) is 12.4 Å². The van der Waals surface area contributed by atoms with E-state index in [-0.39, 0.29) is 35.6 Å². The Kier molecular flexibility index (Phi) is 6.97. The van der Waals surface area contributed by atoms with E-state index in [4.69, 9.17) is 5.73 Å². The third-order valence-corrected chi connectivity index (χ3v) is 5.71. The molecular formula is C18H20ClF2N3O3S. The third-order valence-electron chi connectivity index (χ3n) is 4.33. The Bertz CT molecular complexity index is 972. The van der Waals surface area contributed by atoms with Crippen LogP contribution < -0.4 is 10.5 Å². The molecule has 1 fully saturated rings. The van der Waals surface area contributed by atoms with Gasteiger partial charge in [0, 0.05) is 19.1 Å². The lowest BCUT2D eigenvalue weighted by molar-refractivity contribution is 0.0710. The van der Waals surface area contributed by atoms with Crippen molar-refractivity contribution >= 4 is 34.0 Å². The number of nitrogens with one attached hydrogen (secondary N) is 1. The smallest absolute Gasteiger partial charge is 0.264 e. The molecule has 1 aliphatic heterocycles. The highest BCUT2D eigenvalue weighted by molar-refractivity contribution is 7.92. The molecule has 1 atom stereocenters. The molecule has 1 unspecified atom stereocenters. The number of sulfonamides is 1. The van der Waals surface area contributed by atoms with Gasteiger partial charge in [-0.1, -0.05) is 12.1 Å². The molecule has 0 aromatic heterocycles. The van der Waals surface area contributed by atoms with Crippen molar-refractivity contribution in [2.75, 3.05) is 17.8 Å². The topological polar surface area (TPSA) is 92.5 Å². The Hall–Kier alpha value is -2.23. The first-order valence-corrected chi connectivity index (χ1v) is 9.88. The van der Waals surface area contributed by atoms with Gasteiger partial charge in [-0.05, 0) is 43.2 Å². The number of hydrogen-bond acceptors (Lipinski definition) is 4. The maximum absolute atomic E-state index is 13.9. The zero-order chi connectivity index (χ0) is 19.6. The normalized spacial score (nSPS) is 17.0. The van der Waals surface area contributed by atoms with Gasteiger partial charge in [0.15, 0.2) is 0 Å². The monoisotopic (exact) mass is 431 g/mol. The van der Waals surface area contributed by atoms with Crippen LogP contribution in [0.5, 0.6) is 0 Å². The highest BCUT2D eigenvalue weighted by Gasteiger charge is 2.26. The van der Waals surface area contributed by atoms with Crippen molar-refractivity contribution in [1.29, 1.82) is 0 Å². The lowest BCUT2D eigenvalue weighted by Crippen LogP contribution is -2.45. The quantitative estimate of drug-likeness (QED) is 0.778. The van der Waals surface area contributed by atoms with Crippen LogP contribution in [0.25, 0.3) is 0 Å². The summed E-state index contributed by atoms with van der Waals surface area (Å²) in [7, 11) is -4.42. The molecule has 1 heterocycles. The maximum atomic E-state index is 13.9. The molecule has 2 aromatic carbocycles. The third kappa shape index (κ3) is 4.78. The van der Waals surface area contributed by atoms with Crippen molar-refractivity contribution in [2.45, 2.75) is 23.8 Å². The molecule has 6 nitrogen and oxygen atoms in total. The second-order valence-electron chi connectivity index (χ2n) is 6.38. The number of piperidine rings is 1. The number of amides is 1. The number of rotatable bonds is 4. The number of halogens is 3. The van der Waals surface area contributed by atoms with E-state index in [0.29, 0.717) is 19.2 Å². The second-order valence-corrected chi connectivity index (χ2v) is 8.03. The van der Waals surface area contributed by atoms with Gasteiger partial charge >= 0.3 is 0 Å². The van der Waals surface area contributed by atoms with E-state index in [9.17, 15) is 22.0 Å². The first-order chi connectivity index (χ1) is 12.8. The van der Waals surface area contributed by atoms with Gasteiger partial charge < -0.3 is 10.6 Å². The largest absolute Gasteiger partial charge is 0.337 e. The van der Waals surface area contributed by atoms with Crippen LogP contribution in [0.3, 0.4) is 0 Å². The SMILES string of the molecule is Cl.NC1CCCN(C(=O)c2ccccc2NS(=O)(=O)c2cc(F)ccc2F)C1. The minimum atomic E-state index is -4.42. The standard InChI is InChI=1S/C18H19F2N3O3S.ClH/c19-12-7-8-15(20)17(10-12)27(25,26)22-16-6-2-1-5-14(16)18(24)23-9-3-4-13(21)11-23;/h1-2,5-8,10,13,22H,3-4,9,11,21H2;1H. The fourth-order valence-corrected chi connectivity index (χ4v) is 4.18. The number of carbonyl (C=O) groups is 1. The first-order valence-electron chi connectivity index (χ1n) is 8.39. The zero-order valence-electron chi connectivity index (χ0n) is 14.8. The number of carbonyl (C=O) groups excluding carboxylic acids is 1. The molecule has 0 bridgehead atoms. The average molecular weight is 432 g/mol. The highest BCUT2D eigenvalue weighted by Crippen LogP contribution is 2.24. The lowest BCUT2D eigenvalue weighted by atomic mass is 10.0. The average Bonchev–Trinajstić information content (AvgIpc) is 2.63. The van der Waals surface area contributed by atoms with Crippen LogP contribution in [0, 0.1) is 11.6 Å². The summed E-state index contributed by atoms with van der Waals surface area (Å²) in [5, 5.41) is 0. The predicted octanol–water partition coefficient (Wildman–Crippen LogP) is 2.75.